The molecule has 8 nitrogen and oxygen atoms in total. The summed E-state index contributed by atoms with van der Waals surface area (Å²) >= 11 is 0. The molecule has 0 heterocycles. The van der Waals surface area contributed by atoms with E-state index in [1.807, 2.05) is 6.92 Å². The summed E-state index contributed by atoms with van der Waals surface area (Å²) in [5.74, 6) is 0.236. The number of unbranched alkanes of at least 4 members (excludes halogenated alkanes) is 11. The summed E-state index contributed by atoms with van der Waals surface area (Å²) in [6.07, 6.45) is 23.4. The van der Waals surface area contributed by atoms with E-state index >= 15 is 0 Å². The lowest BCUT2D eigenvalue weighted by atomic mass is 10.1. The number of allylic oxidation sites excluding steroid dienone is 2. The number of hydrogen-bond acceptors (Lipinski definition) is 5. The van der Waals surface area contributed by atoms with Crippen LogP contribution in [0.15, 0.2) is 12.2 Å². The predicted octanol–water partition coefficient (Wildman–Crippen LogP) is 5.60. The van der Waals surface area contributed by atoms with Gasteiger partial charge in [-0.25, -0.2) is 8.42 Å². The first kappa shape index (κ1) is 39.5. The largest absolute Gasteiger partial charge is 0.726 e. The summed E-state index contributed by atoms with van der Waals surface area (Å²) in [5.41, 5.74) is 4.85. The van der Waals surface area contributed by atoms with Gasteiger partial charge in [-0.3, -0.25) is 9.35 Å². The molecule has 4 N–H and O–H groups in total. The van der Waals surface area contributed by atoms with E-state index in [1.165, 1.54) is 77.0 Å². The second kappa shape index (κ2) is 28.6. The molecule has 0 atom stereocenters. The highest BCUT2D eigenvalue weighted by molar-refractivity contribution is 7.79. The van der Waals surface area contributed by atoms with Crippen molar-refractivity contribution in [3.8, 4) is 0 Å². The molecule has 1 amide bonds. The van der Waals surface area contributed by atoms with Gasteiger partial charge in [-0.15, -0.1) is 0 Å². The van der Waals surface area contributed by atoms with E-state index in [9.17, 15) is 4.79 Å². The number of hydrogen-bond donors (Lipinski definition) is 3. The van der Waals surface area contributed by atoms with E-state index < -0.39 is 10.4 Å². The van der Waals surface area contributed by atoms with Gasteiger partial charge in [-0.2, -0.15) is 0 Å². The molecule has 0 saturated heterocycles. The molecule has 0 aromatic carbocycles. The van der Waals surface area contributed by atoms with Crippen molar-refractivity contribution in [3.63, 3.8) is 0 Å². The average molecular weight is 538 g/mol. The number of nitrogens with two attached hydrogens (primary N) is 1. The third kappa shape index (κ3) is 46.4. The maximum Gasteiger partial charge on any atom is 0.219 e. The van der Waals surface area contributed by atoms with Gasteiger partial charge >= 0.3 is 0 Å². The van der Waals surface area contributed by atoms with E-state index in [2.05, 4.69) is 45.4 Å². The number of rotatable bonds is 20. The van der Waals surface area contributed by atoms with Crippen LogP contribution in [-0.2, 0) is 15.2 Å². The van der Waals surface area contributed by atoms with Crippen molar-refractivity contribution >= 4 is 16.3 Å². The van der Waals surface area contributed by atoms with E-state index in [1.54, 1.807) is 0 Å². The van der Waals surface area contributed by atoms with E-state index in [4.69, 9.17) is 23.3 Å². The Hall–Kier alpha value is -1.00. The normalized spacial score (nSPS) is 11.4. The molecule has 0 radical (unpaired) electrons. The van der Waals surface area contributed by atoms with Crippen molar-refractivity contribution in [2.24, 2.45) is 5.73 Å². The first-order valence-corrected chi connectivity index (χ1v) is 15.4. The monoisotopic (exact) mass is 537 g/mol. The van der Waals surface area contributed by atoms with Gasteiger partial charge in [0.25, 0.3) is 0 Å². The van der Waals surface area contributed by atoms with Gasteiger partial charge in [0, 0.05) is 19.4 Å². The molecule has 0 aliphatic heterocycles. The molecule has 0 spiro atoms. The van der Waals surface area contributed by atoms with Gasteiger partial charge in [0.05, 0.1) is 27.2 Å². The molecular formula is C27H59N3O5S. The third-order valence-electron chi connectivity index (χ3n) is 5.78. The van der Waals surface area contributed by atoms with Crippen molar-refractivity contribution in [2.45, 2.75) is 117 Å². The van der Waals surface area contributed by atoms with E-state index in [0.29, 0.717) is 6.42 Å². The van der Waals surface area contributed by atoms with Crippen molar-refractivity contribution in [1.29, 1.82) is 0 Å². The van der Waals surface area contributed by atoms with E-state index in [-0.39, 0.29) is 5.91 Å². The number of nitrogens with one attached hydrogen (secondary N) is 1. The lowest BCUT2D eigenvalue weighted by Crippen LogP contribution is -2.41. The van der Waals surface area contributed by atoms with Crippen LogP contribution in [0.5, 0.6) is 0 Å². The fraction of sp³-hybridized carbons (Fsp3) is 0.889. The standard InChI is InChI=1S/C25H50N2O.C2H7N.H2O4S/c1-5-7-8-9-10-11-12-13-14-15-16-17-18-19-20-22-25(28)26-23-21-24-27(3,4)6-2;1-2-3;1-5(2,3)4/h13-14H,5-12,15-24H2,1-4H3;2-3H2,1H3;(H2,1,2,3,4)/b14-13-;;. The quantitative estimate of drug-likeness (QED) is 0.0609. The predicted molar refractivity (Wildman–Crippen MR) is 152 cm³/mol. The Morgan fingerprint density at radius 3 is 1.72 bits per heavy atom. The van der Waals surface area contributed by atoms with E-state index in [0.717, 1.165) is 43.5 Å². The van der Waals surface area contributed by atoms with Crippen molar-refractivity contribution < 1.29 is 26.8 Å². The lowest BCUT2D eigenvalue weighted by molar-refractivity contribution is -0.888. The van der Waals surface area contributed by atoms with Crippen molar-refractivity contribution in [1.82, 2.24) is 5.32 Å². The molecule has 9 heteroatoms. The molecule has 0 fully saturated rings. The maximum absolute atomic E-state index is 11.8. The Morgan fingerprint density at radius 2 is 1.28 bits per heavy atom. The molecule has 36 heavy (non-hydrogen) atoms. The summed E-state index contributed by atoms with van der Waals surface area (Å²) in [6.45, 7) is 10.2. The summed E-state index contributed by atoms with van der Waals surface area (Å²) in [5, 5.41) is 3.07. The summed E-state index contributed by atoms with van der Waals surface area (Å²) in [6, 6.07) is 0. The minimum atomic E-state index is -4.92. The van der Waals surface area contributed by atoms with Crippen LogP contribution >= 0.6 is 0 Å². The van der Waals surface area contributed by atoms with Crippen molar-refractivity contribution in [2.75, 3.05) is 40.3 Å². The second-order valence-electron chi connectivity index (χ2n) is 9.85. The van der Waals surface area contributed by atoms with Gasteiger partial charge in [0.2, 0.25) is 16.3 Å². The summed E-state index contributed by atoms with van der Waals surface area (Å²) in [7, 11) is -0.430. The molecule has 0 aromatic rings. The van der Waals surface area contributed by atoms with Crippen LogP contribution in [0.4, 0.5) is 0 Å². The molecule has 0 bridgehead atoms. The summed E-state index contributed by atoms with van der Waals surface area (Å²) in [4.78, 5) is 11.8. The molecule has 0 aliphatic rings. The fourth-order valence-corrected chi connectivity index (χ4v) is 3.34. The highest BCUT2D eigenvalue weighted by Gasteiger charge is 2.10. The minimum Gasteiger partial charge on any atom is -0.726 e. The number of amides is 1. The Kier molecular flexibility index (Phi) is 31.4. The topological polar surface area (TPSA) is 133 Å². The highest BCUT2D eigenvalue weighted by Crippen LogP contribution is 2.10. The molecule has 0 rings (SSSR count). The van der Waals surface area contributed by atoms with Gasteiger partial charge in [-0.05, 0) is 45.6 Å². The third-order valence-corrected chi connectivity index (χ3v) is 5.78. The average Bonchev–Trinajstić information content (AvgIpc) is 2.79. The first-order valence-electron chi connectivity index (χ1n) is 14.1. The van der Waals surface area contributed by atoms with Crippen LogP contribution in [0.25, 0.3) is 0 Å². The molecule has 0 saturated carbocycles. The zero-order valence-electron chi connectivity index (χ0n) is 24.1. The number of quaternary nitrogens is 1. The molecule has 0 unspecified atom stereocenters. The van der Waals surface area contributed by atoms with Gasteiger partial charge in [0.15, 0.2) is 0 Å². The molecule has 218 valence electrons. The smallest absolute Gasteiger partial charge is 0.219 e. The second-order valence-corrected chi connectivity index (χ2v) is 10.7. The zero-order valence-corrected chi connectivity index (χ0v) is 24.9. The number of nitrogens with zero attached hydrogens (tertiary/aromatic N) is 1. The maximum atomic E-state index is 11.8. The van der Waals surface area contributed by atoms with Gasteiger partial charge in [0.1, 0.15) is 0 Å². The number of carbonyl (C=O) groups excluding carboxylic acids is 1. The molecule has 0 aliphatic carbocycles. The minimum absolute atomic E-state index is 0.236. The van der Waals surface area contributed by atoms with Crippen LogP contribution < -0.4 is 11.1 Å². The van der Waals surface area contributed by atoms with Gasteiger partial charge < -0.3 is 20.1 Å². The summed E-state index contributed by atoms with van der Waals surface area (Å²) < 4.78 is 33.9. The van der Waals surface area contributed by atoms with Crippen LogP contribution in [0.2, 0.25) is 0 Å². The van der Waals surface area contributed by atoms with Crippen molar-refractivity contribution in [3.05, 3.63) is 12.2 Å². The fourth-order valence-electron chi connectivity index (χ4n) is 3.34. The molecule has 0 aromatic heterocycles. The highest BCUT2D eigenvalue weighted by atomic mass is 32.3. The molecular weight excluding hydrogens is 478 g/mol. The Balaban J connectivity index is -0.00000118. The van der Waals surface area contributed by atoms with Crippen LogP contribution in [0.1, 0.15) is 117 Å². The zero-order chi connectivity index (χ0) is 28.1. The van der Waals surface area contributed by atoms with Crippen LogP contribution in [0.3, 0.4) is 0 Å². The first-order chi connectivity index (χ1) is 16.9. The van der Waals surface area contributed by atoms with Gasteiger partial charge in [-0.1, -0.05) is 77.4 Å². The Labute approximate surface area is 223 Å². The SMILES string of the molecule is CCCCCCCC/C=C\CCCCCCCC(=O)NCCC[N+](C)(C)CC.CCN.O=S(=O)([O-])O. The number of carbonyl (C=O) groups is 1. The Bertz CT molecular complexity index is 588. The lowest BCUT2D eigenvalue weighted by Gasteiger charge is -2.28. The Morgan fingerprint density at radius 1 is 0.861 bits per heavy atom. The van der Waals surface area contributed by atoms with Crippen LogP contribution in [0, 0.1) is 0 Å². The van der Waals surface area contributed by atoms with Crippen LogP contribution in [-0.4, -0.2) is 68.2 Å².